The van der Waals surface area contributed by atoms with Gasteiger partial charge in [-0.3, -0.25) is 4.99 Å². The van der Waals surface area contributed by atoms with Crippen molar-refractivity contribution in [3.8, 4) is 0 Å². The third-order valence-electron chi connectivity index (χ3n) is 4.30. The normalized spacial score (nSPS) is 17.5. The van der Waals surface area contributed by atoms with E-state index in [1.165, 1.54) is 5.69 Å². The average molecular weight is 509 g/mol. The average Bonchev–Trinajstić information content (AvgIpc) is 3.11. The largest absolute Gasteiger partial charge is 0.369 e. The topological polar surface area (TPSA) is 85.8 Å². The number of sulfonamides is 1. The monoisotopic (exact) mass is 509 g/mol. The number of para-hydroxylation sites is 1. The van der Waals surface area contributed by atoms with Crippen LogP contribution in [0.5, 0.6) is 0 Å². The van der Waals surface area contributed by atoms with Gasteiger partial charge in [-0.05, 0) is 38.8 Å². The molecule has 1 aromatic rings. The van der Waals surface area contributed by atoms with Crippen molar-refractivity contribution in [3.63, 3.8) is 0 Å². The van der Waals surface area contributed by atoms with Crippen molar-refractivity contribution in [2.75, 3.05) is 43.4 Å². The predicted molar refractivity (Wildman–Crippen MR) is 124 cm³/mol. The maximum Gasteiger partial charge on any atom is 0.211 e. The Balaban J connectivity index is 0.00000364. The number of aliphatic imine (C=N–C) groups is 1. The number of halogens is 1. The van der Waals surface area contributed by atoms with Gasteiger partial charge in [-0.1, -0.05) is 18.2 Å². The number of guanidine groups is 1. The lowest BCUT2D eigenvalue weighted by atomic mass is 10.3. The van der Waals surface area contributed by atoms with E-state index in [1.807, 2.05) is 13.0 Å². The fraction of sp³-hybridized carbons (Fsp3) is 0.611. The Morgan fingerprint density at radius 2 is 2.00 bits per heavy atom. The summed E-state index contributed by atoms with van der Waals surface area (Å²) in [5.41, 5.74) is 1.25. The van der Waals surface area contributed by atoms with Crippen LogP contribution in [-0.2, 0) is 10.0 Å². The summed E-state index contributed by atoms with van der Waals surface area (Å²) in [4.78, 5) is 6.94. The van der Waals surface area contributed by atoms with Gasteiger partial charge in [0.05, 0.1) is 5.75 Å². The highest BCUT2D eigenvalue weighted by atomic mass is 127. The smallest absolute Gasteiger partial charge is 0.211 e. The van der Waals surface area contributed by atoms with Crippen molar-refractivity contribution < 1.29 is 8.42 Å². The molecule has 1 aromatic carbocycles. The zero-order valence-electron chi connectivity index (χ0n) is 16.1. The van der Waals surface area contributed by atoms with E-state index in [2.05, 4.69) is 49.5 Å². The van der Waals surface area contributed by atoms with Crippen LogP contribution >= 0.6 is 24.0 Å². The molecule has 1 atom stereocenters. The summed E-state index contributed by atoms with van der Waals surface area (Å²) in [6, 6.07) is 10.8. The fourth-order valence-electron chi connectivity index (χ4n) is 2.86. The molecule has 1 fully saturated rings. The van der Waals surface area contributed by atoms with Gasteiger partial charge in [0, 0.05) is 44.5 Å². The summed E-state index contributed by atoms with van der Waals surface area (Å²) in [7, 11) is -3.12. The molecule has 1 heterocycles. The molecule has 27 heavy (non-hydrogen) atoms. The summed E-state index contributed by atoms with van der Waals surface area (Å²) < 4.78 is 25.4. The van der Waals surface area contributed by atoms with E-state index in [4.69, 9.17) is 0 Å². The standard InChI is InChI=1S/C18H31N5O2S.HI/c1-3-19-18(20-12-8-13-21-26(24,25)4-2)22-16-11-14-23(15-16)17-9-6-5-7-10-17;/h5-7,9-10,16,21H,3-4,8,11-15H2,1-2H3,(H2,19,20,22);1H. The maximum absolute atomic E-state index is 11.4. The second-order valence-electron chi connectivity index (χ2n) is 6.32. The molecule has 1 unspecified atom stereocenters. The molecule has 0 radical (unpaired) electrons. The minimum Gasteiger partial charge on any atom is -0.369 e. The van der Waals surface area contributed by atoms with Gasteiger partial charge in [-0.2, -0.15) is 0 Å². The van der Waals surface area contributed by atoms with Gasteiger partial charge in [0.1, 0.15) is 0 Å². The SMILES string of the molecule is CCNC(=NCCCNS(=O)(=O)CC)NC1CCN(c2ccccc2)C1.I. The van der Waals surface area contributed by atoms with Crippen LogP contribution in [0, 0.1) is 0 Å². The van der Waals surface area contributed by atoms with Crippen LogP contribution in [0.2, 0.25) is 0 Å². The highest BCUT2D eigenvalue weighted by Crippen LogP contribution is 2.19. The van der Waals surface area contributed by atoms with Crippen LogP contribution in [0.25, 0.3) is 0 Å². The highest BCUT2D eigenvalue weighted by molar-refractivity contribution is 14.0. The molecule has 154 valence electrons. The molecule has 9 heteroatoms. The Morgan fingerprint density at radius 1 is 1.26 bits per heavy atom. The van der Waals surface area contributed by atoms with E-state index in [-0.39, 0.29) is 29.7 Å². The van der Waals surface area contributed by atoms with Crippen LogP contribution in [0.15, 0.2) is 35.3 Å². The number of anilines is 1. The van der Waals surface area contributed by atoms with Gasteiger partial charge in [-0.15, -0.1) is 24.0 Å². The van der Waals surface area contributed by atoms with Crippen molar-refractivity contribution in [2.24, 2.45) is 4.99 Å². The number of hydrogen-bond acceptors (Lipinski definition) is 4. The zero-order chi connectivity index (χ0) is 18.8. The number of hydrogen-bond donors (Lipinski definition) is 3. The van der Waals surface area contributed by atoms with Gasteiger partial charge < -0.3 is 15.5 Å². The van der Waals surface area contributed by atoms with Gasteiger partial charge in [0.2, 0.25) is 10.0 Å². The highest BCUT2D eigenvalue weighted by Gasteiger charge is 2.23. The van der Waals surface area contributed by atoms with Crippen LogP contribution in [0.4, 0.5) is 5.69 Å². The first-order valence-corrected chi connectivity index (χ1v) is 11.0. The number of nitrogens with zero attached hydrogens (tertiary/aromatic N) is 2. The quantitative estimate of drug-likeness (QED) is 0.205. The molecule has 7 nitrogen and oxygen atoms in total. The minimum atomic E-state index is -3.12. The Bertz CT molecular complexity index is 670. The molecule has 2 rings (SSSR count). The van der Waals surface area contributed by atoms with Crippen LogP contribution in [-0.4, -0.2) is 58.9 Å². The number of rotatable bonds is 9. The van der Waals surface area contributed by atoms with Gasteiger partial charge >= 0.3 is 0 Å². The Hall–Kier alpha value is -1.07. The Kier molecular flexibility index (Phi) is 11.0. The first-order chi connectivity index (χ1) is 12.5. The van der Waals surface area contributed by atoms with Crippen molar-refractivity contribution in [1.82, 2.24) is 15.4 Å². The summed E-state index contributed by atoms with van der Waals surface area (Å²) >= 11 is 0. The van der Waals surface area contributed by atoms with Crippen LogP contribution in [0.3, 0.4) is 0 Å². The van der Waals surface area contributed by atoms with E-state index in [1.54, 1.807) is 6.92 Å². The molecular weight excluding hydrogens is 477 g/mol. The Labute approximate surface area is 180 Å². The fourth-order valence-corrected chi connectivity index (χ4v) is 3.52. The number of benzene rings is 1. The molecule has 1 saturated heterocycles. The van der Waals surface area contributed by atoms with Crippen LogP contribution < -0.4 is 20.3 Å². The van der Waals surface area contributed by atoms with Crippen molar-refractivity contribution in [2.45, 2.75) is 32.7 Å². The minimum absolute atomic E-state index is 0. The van der Waals surface area contributed by atoms with Crippen molar-refractivity contribution >= 4 is 45.6 Å². The van der Waals surface area contributed by atoms with E-state index in [0.717, 1.165) is 32.0 Å². The lowest BCUT2D eigenvalue weighted by Gasteiger charge is -2.20. The summed E-state index contributed by atoms with van der Waals surface area (Å²) in [6.45, 7) is 7.44. The summed E-state index contributed by atoms with van der Waals surface area (Å²) in [5.74, 6) is 0.908. The molecule has 0 aromatic heterocycles. The molecule has 0 bridgehead atoms. The first kappa shape index (κ1) is 24.0. The first-order valence-electron chi connectivity index (χ1n) is 9.36. The second kappa shape index (κ2) is 12.4. The lowest BCUT2D eigenvalue weighted by molar-refractivity contribution is 0.580. The summed E-state index contributed by atoms with van der Waals surface area (Å²) in [5, 5.41) is 6.76. The molecular formula is C18H32IN5O2S. The van der Waals surface area contributed by atoms with Gasteiger partial charge in [0.15, 0.2) is 5.96 Å². The van der Waals surface area contributed by atoms with Gasteiger partial charge in [0.25, 0.3) is 0 Å². The van der Waals surface area contributed by atoms with Gasteiger partial charge in [-0.25, -0.2) is 13.1 Å². The molecule has 0 saturated carbocycles. The van der Waals surface area contributed by atoms with Crippen molar-refractivity contribution in [3.05, 3.63) is 30.3 Å². The van der Waals surface area contributed by atoms with Crippen molar-refractivity contribution in [1.29, 1.82) is 0 Å². The molecule has 0 aliphatic carbocycles. The third-order valence-corrected chi connectivity index (χ3v) is 5.71. The van der Waals surface area contributed by atoms with E-state index < -0.39 is 10.0 Å². The maximum atomic E-state index is 11.4. The zero-order valence-corrected chi connectivity index (χ0v) is 19.3. The molecule has 1 aliphatic heterocycles. The predicted octanol–water partition coefficient (Wildman–Crippen LogP) is 1.77. The Morgan fingerprint density at radius 3 is 2.67 bits per heavy atom. The second-order valence-corrected chi connectivity index (χ2v) is 8.42. The van der Waals surface area contributed by atoms with E-state index in [0.29, 0.717) is 25.6 Å². The third kappa shape index (κ3) is 8.65. The lowest BCUT2D eigenvalue weighted by Crippen LogP contribution is -2.44. The molecule has 3 N–H and O–H groups in total. The van der Waals surface area contributed by atoms with Crippen LogP contribution in [0.1, 0.15) is 26.7 Å². The summed E-state index contributed by atoms with van der Waals surface area (Å²) in [6.07, 6.45) is 1.74. The van der Waals surface area contributed by atoms with E-state index in [9.17, 15) is 8.42 Å². The molecule has 0 spiro atoms. The molecule has 1 aliphatic rings. The molecule has 0 amide bonds. The van der Waals surface area contributed by atoms with E-state index >= 15 is 0 Å². The number of nitrogens with one attached hydrogen (secondary N) is 3.